The fraction of sp³-hybridized carbons (Fsp3) is 0. The lowest BCUT2D eigenvalue weighted by Crippen LogP contribution is -1.98. The summed E-state index contributed by atoms with van der Waals surface area (Å²) in [4.78, 5) is 6.36. The van der Waals surface area contributed by atoms with Crippen molar-refractivity contribution in [1.29, 1.82) is 10.5 Å². The second-order valence-corrected chi connectivity index (χ2v) is 6.87. The maximum absolute atomic E-state index is 13.5. The summed E-state index contributed by atoms with van der Waals surface area (Å²) in [5, 5.41) is 18.6. The number of nitriles is 2. The van der Waals surface area contributed by atoms with Crippen LogP contribution in [0.15, 0.2) is 69.5 Å². The van der Waals surface area contributed by atoms with Crippen molar-refractivity contribution in [1.82, 2.24) is 0 Å². The highest BCUT2D eigenvalue weighted by atomic mass is 19.1. The van der Waals surface area contributed by atoms with E-state index in [0.29, 0.717) is 22.3 Å². The lowest BCUT2D eigenvalue weighted by Gasteiger charge is -1.99. The van der Waals surface area contributed by atoms with E-state index in [1.54, 1.807) is 12.1 Å². The highest BCUT2D eigenvalue weighted by molar-refractivity contribution is 5.74. The van der Waals surface area contributed by atoms with Crippen LogP contribution >= 0.6 is 0 Å². The third-order valence-electron chi connectivity index (χ3n) is 4.88. The van der Waals surface area contributed by atoms with Crippen molar-refractivity contribution in [2.75, 3.05) is 0 Å². The van der Waals surface area contributed by atoms with Gasteiger partial charge >= 0.3 is 5.82 Å². The van der Waals surface area contributed by atoms with Gasteiger partial charge in [-0.15, -0.1) is 0 Å². The van der Waals surface area contributed by atoms with E-state index in [4.69, 9.17) is 22.0 Å². The number of rotatable bonds is 2. The number of hydrogen-bond acceptors (Lipinski definition) is 4. The Balaban J connectivity index is 2.28. The van der Waals surface area contributed by atoms with Crippen LogP contribution in [0.3, 0.4) is 0 Å². The molecule has 0 aliphatic rings. The summed E-state index contributed by atoms with van der Waals surface area (Å²) in [7, 11) is 0. The average Bonchev–Trinajstić information content (AvgIpc) is 3.47. The molecular formula is C26H10F2N4O2. The Morgan fingerprint density at radius 1 is 0.706 bits per heavy atom. The topological polar surface area (TPSA) is 82.6 Å². The molecule has 2 aromatic carbocycles. The predicted octanol–water partition coefficient (Wildman–Crippen LogP) is 4.87. The van der Waals surface area contributed by atoms with Gasteiger partial charge in [-0.2, -0.15) is 20.2 Å². The molecule has 0 bridgehead atoms. The molecule has 34 heavy (non-hydrogen) atoms. The summed E-state index contributed by atoms with van der Waals surface area (Å²) in [6.07, 6.45) is 0. The number of halogens is 2. The van der Waals surface area contributed by atoms with E-state index in [1.807, 2.05) is 0 Å². The van der Waals surface area contributed by atoms with E-state index in [0.717, 1.165) is 0 Å². The maximum Gasteiger partial charge on any atom is 0.562 e. The van der Waals surface area contributed by atoms with Gasteiger partial charge in [0.1, 0.15) is 36.9 Å². The lowest BCUT2D eigenvalue weighted by atomic mass is 10.1. The number of benzene rings is 2. The fourth-order valence-corrected chi connectivity index (χ4v) is 3.31. The molecule has 4 rings (SSSR count). The zero-order valence-corrected chi connectivity index (χ0v) is 17.1. The second kappa shape index (κ2) is 8.97. The van der Waals surface area contributed by atoms with Gasteiger partial charge in [0.2, 0.25) is 5.42 Å². The molecule has 0 amide bonds. The van der Waals surface area contributed by atoms with Crippen LogP contribution in [0.1, 0.15) is 0 Å². The molecule has 0 N–H and O–H groups in total. The molecule has 4 aromatic rings. The van der Waals surface area contributed by atoms with E-state index in [9.17, 15) is 19.3 Å². The van der Waals surface area contributed by atoms with E-state index < -0.39 is 11.6 Å². The second-order valence-electron chi connectivity index (χ2n) is 6.87. The molecule has 0 spiro atoms. The van der Waals surface area contributed by atoms with Gasteiger partial charge in [-0.25, -0.2) is 8.78 Å². The van der Waals surface area contributed by atoms with Crippen LogP contribution in [-0.4, -0.2) is 0 Å². The van der Waals surface area contributed by atoms with Crippen LogP contribution < -0.4 is 10.8 Å². The van der Waals surface area contributed by atoms with Crippen molar-refractivity contribution in [3.8, 4) is 34.4 Å². The Morgan fingerprint density at radius 3 is 1.53 bits per heavy atom. The lowest BCUT2D eigenvalue weighted by molar-refractivity contribution is 0.449. The third kappa shape index (κ3) is 3.92. The first-order valence-electron chi connectivity index (χ1n) is 9.58. The van der Waals surface area contributed by atoms with Gasteiger partial charge in [-0.3, -0.25) is 0 Å². The molecule has 0 fully saturated rings. The summed E-state index contributed by atoms with van der Waals surface area (Å²) < 4.78 is 38.8. The van der Waals surface area contributed by atoms with E-state index in [-0.39, 0.29) is 33.1 Å². The molecule has 0 atom stereocenters. The molecule has 2 aromatic heterocycles. The quantitative estimate of drug-likeness (QED) is 0.410. The van der Waals surface area contributed by atoms with Crippen molar-refractivity contribution in [3.63, 3.8) is 0 Å². The Morgan fingerprint density at radius 2 is 1.12 bits per heavy atom. The van der Waals surface area contributed by atoms with Crippen LogP contribution in [0.5, 0.6) is 0 Å². The van der Waals surface area contributed by atoms with Crippen molar-refractivity contribution in [2.24, 2.45) is 0 Å². The van der Waals surface area contributed by atoms with Gasteiger partial charge < -0.3 is 8.83 Å². The number of nitrogens with zero attached hydrogens (tertiary/aromatic N) is 4. The van der Waals surface area contributed by atoms with Crippen molar-refractivity contribution >= 4 is 11.4 Å². The zero-order valence-electron chi connectivity index (χ0n) is 17.1. The van der Waals surface area contributed by atoms with Gasteiger partial charge in [0.15, 0.2) is 21.8 Å². The minimum Gasteiger partial charge on any atom is -0.456 e. The minimum atomic E-state index is -0.462. The van der Waals surface area contributed by atoms with Gasteiger partial charge in [-0.1, -0.05) is 24.3 Å². The van der Waals surface area contributed by atoms with Gasteiger partial charge in [0.05, 0.1) is 0 Å². The van der Waals surface area contributed by atoms with Crippen LogP contribution in [0.2, 0.25) is 0 Å². The summed E-state index contributed by atoms with van der Waals surface area (Å²) in [6, 6.07) is 17.4. The molecule has 160 valence electrons. The van der Waals surface area contributed by atoms with Crippen molar-refractivity contribution in [2.45, 2.75) is 0 Å². The first-order valence-corrected chi connectivity index (χ1v) is 9.58. The van der Waals surface area contributed by atoms with Crippen molar-refractivity contribution < 1.29 is 17.6 Å². The van der Waals surface area contributed by atoms with Gasteiger partial charge in [-0.05, 0) is 47.5 Å². The first kappa shape index (κ1) is 21.8. The average molecular weight is 448 g/mol. The smallest absolute Gasteiger partial charge is 0.456 e. The van der Waals surface area contributed by atoms with Crippen LogP contribution in [-0.2, 0) is 0 Å². The van der Waals surface area contributed by atoms with E-state index in [2.05, 4.69) is 9.69 Å². The van der Waals surface area contributed by atoms with Crippen LogP contribution in [0.4, 0.5) is 8.78 Å². The molecular weight excluding hydrogens is 438 g/mol. The monoisotopic (exact) mass is 448 g/mol. The summed E-state index contributed by atoms with van der Waals surface area (Å²) in [5.41, 5.74) is 1.59. The summed E-state index contributed by atoms with van der Waals surface area (Å²) in [6.45, 7) is 14.5. The number of hydrogen-bond donors (Lipinski definition) is 0. The van der Waals surface area contributed by atoms with Gasteiger partial charge in [0, 0.05) is 11.1 Å². The Hall–Kier alpha value is -5.44. The van der Waals surface area contributed by atoms with Crippen LogP contribution in [0.25, 0.3) is 43.3 Å². The molecule has 0 aliphatic carbocycles. The Bertz CT molecular complexity index is 1640. The Labute approximate surface area is 191 Å². The molecule has 0 radical (unpaired) electrons. The highest BCUT2D eigenvalue weighted by Gasteiger charge is 2.17. The summed E-state index contributed by atoms with van der Waals surface area (Å²) in [5.74, 6) is -1.25. The number of furan rings is 2. The normalized spacial score (nSPS) is 11.0. The molecule has 0 saturated heterocycles. The maximum atomic E-state index is 13.5. The summed E-state index contributed by atoms with van der Waals surface area (Å²) >= 11 is 0. The molecule has 0 unspecified atom stereocenters. The zero-order chi connectivity index (χ0) is 24.2. The van der Waals surface area contributed by atoms with Gasteiger partial charge in [0.25, 0.3) is 0 Å². The standard InChI is InChI=1S/C26H10F2N4O2/c1-31-26(32-2)23-12-21(16-5-9-19(28)10-6-16)25(34-23)24-20(15-3-7-18(27)8-4-15)11-22(33-24)17(13-29)14-30/h3-12H/b25-24+. The fourth-order valence-electron chi connectivity index (χ4n) is 3.31. The third-order valence-corrected chi connectivity index (χ3v) is 4.88. The molecule has 8 heteroatoms. The van der Waals surface area contributed by atoms with E-state index >= 15 is 0 Å². The predicted molar refractivity (Wildman–Crippen MR) is 116 cm³/mol. The molecule has 6 nitrogen and oxygen atoms in total. The molecule has 2 heterocycles. The Kier molecular flexibility index (Phi) is 5.74. The highest BCUT2D eigenvalue weighted by Crippen LogP contribution is 2.26. The molecule has 0 saturated carbocycles. The molecule has 0 aliphatic heterocycles. The van der Waals surface area contributed by atoms with Crippen molar-refractivity contribution in [3.05, 3.63) is 117 Å². The SMILES string of the molecule is [C-]#[N+]C([N+]#[C-])=c1cc(-c2ccc(F)cc2)/c(=c2\oc(=C(C#N)C#N)cc2-c2ccc(F)cc2)o1. The first-order chi connectivity index (χ1) is 16.5. The van der Waals surface area contributed by atoms with E-state index in [1.165, 1.54) is 60.7 Å². The largest absolute Gasteiger partial charge is 0.562 e. The van der Waals surface area contributed by atoms with Crippen LogP contribution in [0, 0.1) is 58.3 Å². The minimum absolute atomic E-state index is 0.0351.